The summed E-state index contributed by atoms with van der Waals surface area (Å²) in [4.78, 5) is 26.7. The molecule has 108 valence electrons. The lowest BCUT2D eigenvalue weighted by molar-refractivity contribution is -0.128. The van der Waals surface area contributed by atoms with Crippen LogP contribution in [0.3, 0.4) is 0 Å². The van der Waals surface area contributed by atoms with Crippen molar-refractivity contribution in [3.8, 4) is 0 Å². The van der Waals surface area contributed by atoms with Crippen molar-refractivity contribution in [1.29, 1.82) is 0 Å². The summed E-state index contributed by atoms with van der Waals surface area (Å²) < 4.78 is 5.70. The molecule has 4 rings (SSSR count). The normalized spacial score (nSPS) is 36.7. The van der Waals surface area contributed by atoms with E-state index in [0.29, 0.717) is 5.69 Å². The summed E-state index contributed by atoms with van der Waals surface area (Å²) in [6, 6.07) is 7.31. The van der Waals surface area contributed by atoms with Gasteiger partial charge in [0.05, 0.1) is 30.2 Å². The van der Waals surface area contributed by atoms with Gasteiger partial charge in [0.2, 0.25) is 11.8 Å². The number of aliphatic hydroxyl groups excluding tert-OH is 1. The van der Waals surface area contributed by atoms with E-state index < -0.39 is 23.5 Å². The maximum Gasteiger partial charge on any atom is 0.241 e. The van der Waals surface area contributed by atoms with Crippen molar-refractivity contribution in [2.75, 3.05) is 11.5 Å². The van der Waals surface area contributed by atoms with Gasteiger partial charge in [-0.1, -0.05) is 24.3 Å². The molecule has 1 aromatic rings. The summed E-state index contributed by atoms with van der Waals surface area (Å²) in [5.41, 5.74) is 0.548. The Bertz CT molecular complexity index is 683. The zero-order chi connectivity index (χ0) is 14.8. The Balaban J connectivity index is 1.79. The van der Waals surface area contributed by atoms with Gasteiger partial charge in [0.15, 0.2) is 0 Å². The fourth-order valence-electron chi connectivity index (χ4n) is 3.71. The van der Waals surface area contributed by atoms with Crippen LogP contribution in [-0.4, -0.2) is 35.2 Å². The summed E-state index contributed by atoms with van der Waals surface area (Å²) in [5.74, 6) is -1.66. The van der Waals surface area contributed by atoms with Gasteiger partial charge in [-0.3, -0.25) is 9.59 Å². The molecular weight excluding hydrogens is 270 g/mol. The molecule has 0 aliphatic carbocycles. The molecule has 0 spiro atoms. The first-order chi connectivity index (χ1) is 10.1. The van der Waals surface area contributed by atoms with Gasteiger partial charge in [0, 0.05) is 0 Å². The highest BCUT2D eigenvalue weighted by Crippen LogP contribution is 2.52. The van der Waals surface area contributed by atoms with Crippen molar-refractivity contribution < 1.29 is 19.4 Å². The zero-order valence-corrected chi connectivity index (χ0v) is 11.5. The fraction of sp³-hybridized carbons (Fsp3) is 0.375. The lowest BCUT2D eigenvalue weighted by Gasteiger charge is -2.26. The summed E-state index contributed by atoms with van der Waals surface area (Å²) in [6.45, 7) is 1.63. The first-order valence-corrected chi connectivity index (χ1v) is 7.00. The minimum absolute atomic E-state index is 0.236. The molecule has 0 aromatic heterocycles. The third kappa shape index (κ3) is 1.47. The van der Waals surface area contributed by atoms with Crippen LogP contribution in [-0.2, 0) is 14.3 Å². The third-order valence-corrected chi connectivity index (χ3v) is 4.66. The summed E-state index contributed by atoms with van der Waals surface area (Å²) in [6.07, 6.45) is 3.10. The second-order valence-corrected chi connectivity index (χ2v) is 5.91. The highest BCUT2D eigenvalue weighted by atomic mass is 16.5. The van der Waals surface area contributed by atoms with E-state index in [0.717, 1.165) is 5.56 Å². The second kappa shape index (κ2) is 4.02. The maximum atomic E-state index is 12.7. The monoisotopic (exact) mass is 285 g/mol. The second-order valence-electron chi connectivity index (χ2n) is 5.91. The van der Waals surface area contributed by atoms with Gasteiger partial charge in [0.1, 0.15) is 5.60 Å². The molecule has 3 heterocycles. The standard InChI is InChI=1S/C16H15NO4/c1-9-3-2-4-10(7-9)17-14(19)12-11-5-6-16(8-18,21-11)13(12)15(17)20/h2-7,11-13,18H,8H2,1H3/t11-,12+,13+,16-/m1/s1. The van der Waals surface area contributed by atoms with Crippen LogP contribution in [0, 0.1) is 18.8 Å². The van der Waals surface area contributed by atoms with Crippen LogP contribution in [0.1, 0.15) is 5.56 Å². The maximum absolute atomic E-state index is 12.7. The number of fused-ring (bicyclic) bond motifs is 5. The van der Waals surface area contributed by atoms with Crippen LogP contribution >= 0.6 is 0 Å². The minimum atomic E-state index is -1.03. The number of hydrogen-bond donors (Lipinski definition) is 1. The topological polar surface area (TPSA) is 66.8 Å². The number of carbonyl (C=O) groups excluding carboxylic acids is 2. The zero-order valence-electron chi connectivity index (χ0n) is 11.5. The summed E-state index contributed by atoms with van der Waals surface area (Å²) >= 11 is 0. The Morgan fingerprint density at radius 2 is 2.14 bits per heavy atom. The van der Waals surface area contributed by atoms with Gasteiger partial charge >= 0.3 is 0 Å². The third-order valence-electron chi connectivity index (χ3n) is 4.66. The number of carbonyl (C=O) groups is 2. The van der Waals surface area contributed by atoms with Gasteiger partial charge in [-0.05, 0) is 24.6 Å². The van der Waals surface area contributed by atoms with Gasteiger partial charge in [-0.15, -0.1) is 0 Å². The van der Waals surface area contributed by atoms with Crippen molar-refractivity contribution in [3.05, 3.63) is 42.0 Å². The molecule has 1 aromatic carbocycles. The first kappa shape index (κ1) is 12.7. The smallest absolute Gasteiger partial charge is 0.241 e. The number of aliphatic hydroxyl groups is 1. The van der Waals surface area contributed by atoms with Gasteiger partial charge in [-0.25, -0.2) is 4.90 Å². The Morgan fingerprint density at radius 3 is 2.86 bits per heavy atom. The SMILES string of the molecule is Cc1cccc(N2C(=O)[C@@H]3[C@@H](C2=O)[C@]2(CO)C=C[C@H]3O2)c1. The lowest BCUT2D eigenvalue weighted by Crippen LogP contribution is -2.43. The highest BCUT2D eigenvalue weighted by Gasteiger charge is 2.67. The molecule has 2 fully saturated rings. The van der Waals surface area contributed by atoms with Crippen LogP contribution in [0.2, 0.25) is 0 Å². The Labute approximate surface area is 121 Å². The van der Waals surface area contributed by atoms with E-state index >= 15 is 0 Å². The van der Waals surface area contributed by atoms with Crippen LogP contribution in [0.25, 0.3) is 0 Å². The molecule has 0 saturated carbocycles. The summed E-state index contributed by atoms with van der Waals surface area (Å²) in [7, 11) is 0. The molecule has 5 heteroatoms. The molecule has 4 atom stereocenters. The lowest BCUT2D eigenvalue weighted by atomic mass is 9.77. The van der Waals surface area contributed by atoms with E-state index in [1.807, 2.05) is 25.1 Å². The molecular formula is C16H15NO4. The number of imide groups is 1. The number of benzene rings is 1. The molecule has 5 nitrogen and oxygen atoms in total. The van der Waals surface area contributed by atoms with Crippen molar-refractivity contribution >= 4 is 17.5 Å². The van der Waals surface area contributed by atoms with Gasteiger partial charge < -0.3 is 9.84 Å². The molecule has 2 saturated heterocycles. The fourth-order valence-corrected chi connectivity index (χ4v) is 3.71. The quantitative estimate of drug-likeness (QED) is 0.645. The average Bonchev–Trinajstić information content (AvgIpc) is 3.10. The molecule has 3 aliphatic heterocycles. The number of aryl methyl sites for hydroxylation is 1. The number of rotatable bonds is 2. The number of amides is 2. The number of anilines is 1. The van der Waals surface area contributed by atoms with Crippen LogP contribution < -0.4 is 4.90 Å². The Kier molecular flexibility index (Phi) is 2.44. The molecule has 1 N–H and O–H groups in total. The van der Waals surface area contributed by atoms with Crippen molar-refractivity contribution in [2.45, 2.75) is 18.6 Å². The van der Waals surface area contributed by atoms with E-state index in [2.05, 4.69) is 0 Å². The molecule has 0 unspecified atom stereocenters. The molecule has 2 amide bonds. The molecule has 3 aliphatic rings. The molecule has 0 radical (unpaired) electrons. The van der Waals surface area contributed by atoms with Crippen molar-refractivity contribution in [3.63, 3.8) is 0 Å². The van der Waals surface area contributed by atoms with Crippen molar-refractivity contribution in [1.82, 2.24) is 0 Å². The van der Waals surface area contributed by atoms with Gasteiger partial charge in [0.25, 0.3) is 0 Å². The van der Waals surface area contributed by atoms with E-state index in [1.54, 1.807) is 18.2 Å². The number of hydrogen-bond acceptors (Lipinski definition) is 4. The molecule has 21 heavy (non-hydrogen) atoms. The summed E-state index contributed by atoms with van der Waals surface area (Å²) in [5, 5.41) is 9.64. The van der Waals surface area contributed by atoms with Crippen LogP contribution in [0.4, 0.5) is 5.69 Å². The van der Waals surface area contributed by atoms with E-state index in [4.69, 9.17) is 4.74 Å². The minimum Gasteiger partial charge on any atom is -0.393 e. The highest BCUT2D eigenvalue weighted by molar-refractivity contribution is 6.23. The van der Waals surface area contributed by atoms with E-state index in [9.17, 15) is 14.7 Å². The predicted molar refractivity (Wildman–Crippen MR) is 74.5 cm³/mol. The first-order valence-electron chi connectivity index (χ1n) is 7.00. The average molecular weight is 285 g/mol. The van der Waals surface area contributed by atoms with E-state index in [-0.39, 0.29) is 18.4 Å². The Hall–Kier alpha value is -1.98. The largest absolute Gasteiger partial charge is 0.393 e. The molecule has 2 bridgehead atoms. The van der Waals surface area contributed by atoms with E-state index in [1.165, 1.54) is 4.90 Å². The van der Waals surface area contributed by atoms with Crippen LogP contribution in [0.15, 0.2) is 36.4 Å². The number of ether oxygens (including phenoxy) is 1. The van der Waals surface area contributed by atoms with Crippen LogP contribution in [0.5, 0.6) is 0 Å². The predicted octanol–water partition coefficient (Wildman–Crippen LogP) is 0.800. The van der Waals surface area contributed by atoms with Crippen molar-refractivity contribution in [2.24, 2.45) is 11.8 Å². The number of nitrogens with zero attached hydrogens (tertiary/aromatic N) is 1. The van der Waals surface area contributed by atoms with Gasteiger partial charge in [-0.2, -0.15) is 0 Å². The Morgan fingerprint density at radius 1 is 1.33 bits per heavy atom.